The third-order valence-electron chi connectivity index (χ3n) is 3.69. The van der Waals surface area contributed by atoms with E-state index in [2.05, 4.69) is 6.58 Å². The molecule has 0 saturated heterocycles. The van der Waals surface area contributed by atoms with Crippen LogP contribution in [0, 0.1) is 11.3 Å². The summed E-state index contributed by atoms with van der Waals surface area (Å²) in [6, 6.07) is 0. The molecule has 0 aromatic rings. The normalized spacial score (nSPS) is 22.6. The maximum Gasteiger partial charge on any atom is 0.306 e. The molecule has 1 saturated carbocycles. The minimum atomic E-state index is -0.659. The van der Waals surface area contributed by atoms with Crippen molar-refractivity contribution in [3.05, 3.63) is 12.7 Å². The van der Waals surface area contributed by atoms with Gasteiger partial charge in [0.05, 0.1) is 5.92 Å². The number of rotatable bonds is 4. The standard InChI is InChI=1S/C12H20O2/c1-3-7-12(10(2)11(13)14)8-5-4-6-9-12/h3,10H,1,4-9H2,2H3,(H,13,14). The Morgan fingerprint density at radius 3 is 2.50 bits per heavy atom. The van der Waals surface area contributed by atoms with Gasteiger partial charge in [-0.15, -0.1) is 6.58 Å². The van der Waals surface area contributed by atoms with E-state index in [-0.39, 0.29) is 11.3 Å². The highest BCUT2D eigenvalue weighted by atomic mass is 16.4. The minimum absolute atomic E-state index is 0.00810. The molecule has 1 atom stereocenters. The molecule has 0 spiro atoms. The molecular weight excluding hydrogens is 176 g/mol. The first kappa shape index (κ1) is 11.3. The van der Waals surface area contributed by atoms with Crippen LogP contribution in [0.1, 0.15) is 45.4 Å². The van der Waals surface area contributed by atoms with Gasteiger partial charge in [0, 0.05) is 0 Å². The van der Waals surface area contributed by atoms with Crippen molar-refractivity contribution in [1.29, 1.82) is 0 Å². The molecule has 0 bridgehead atoms. The van der Waals surface area contributed by atoms with Crippen LogP contribution in [0.2, 0.25) is 0 Å². The second kappa shape index (κ2) is 4.63. The number of allylic oxidation sites excluding steroid dienone is 1. The van der Waals surface area contributed by atoms with Crippen molar-refractivity contribution in [2.24, 2.45) is 11.3 Å². The molecule has 1 unspecified atom stereocenters. The molecule has 2 heteroatoms. The Morgan fingerprint density at radius 1 is 1.50 bits per heavy atom. The second-order valence-corrected chi connectivity index (χ2v) is 4.48. The summed E-state index contributed by atoms with van der Waals surface area (Å²) >= 11 is 0. The molecule has 14 heavy (non-hydrogen) atoms. The summed E-state index contributed by atoms with van der Waals surface area (Å²) in [5, 5.41) is 9.09. The monoisotopic (exact) mass is 196 g/mol. The average molecular weight is 196 g/mol. The molecule has 0 amide bonds. The highest BCUT2D eigenvalue weighted by molar-refractivity contribution is 5.70. The molecule has 1 aliphatic rings. The topological polar surface area (TPSA) is 37.3 Å². The third-order valence-corrected chi connectivity index (χ3v) is 3.69. The smallest absolute Gasteiger partial charge is 0.306 e. The molecule has 80 valence electrons. The summed E-state index contributed by atoms with van der Waals surface area (Å²) in [4.78, 5) is 11.0. The van der Waals surface area contributed by atoms with Gasteiger partial charge in [-0.2, -0.15) is 0 Å². The van der Waals surface area contributed by atoms with Gasteiger partial charge in [-0.1, -0.05) is 32.3 Å². The van der Waals surface area contributed by atoms with Crippen LogP contribution >= 0.6 is 0 Å². The molecule has 2 nitrogen and oxygen atoms in total. The van der Waals surface area contributed by atoms with Crippen LogP contribution in [0.4, 0.5) is 0 Å². The van der Waals surface area contributed by atoms with Crippen LogP contribution in [0.3, 0.4) is 0 Å². The van der Waals surface area contributed by atoms with E-state index in [0.29, 0.717) is 0 Å². The first-order valence-electron chi connectivity index (χ1n) is 5.46. The number of hydrogen-bond acceptors (Lipinski definition) is 1. The van der Waals surface area contributed by atoms with Crippen LogP contribution in [0.25, 0.3) is 0 Å². The number of carboxylic acids is 1. The largest absolute Gasteiger partial charge is 0.481 e. The second-order valence-electron chi connectivity index (χ2n) is 4.48. The van der Waals surface area contributed by atoms with Crippen molar-refractivity contribution >= 4 is 5.97 Å². The van der Waals surface area contributed by atoms with Gasteiger partial charge in [0.25, 0.3) is 0 Å². The van der Waals surface area contributed by atoms with Gasteiger partial charge in [0.15, 0.2) is 0 Å². The maximum atomic E-state index is 11.0. The zero-order valence-electron chi connectivity index (χ0n) is 8.96. The van der Waals surface area contributed by atoms with E-state index in [9.17, 15) is 4.79 Å². The molecule has 1 N–H and O–H groups in total. The number of aliphatic carboxylic acids is 1. The fraction of sp³-hybridized carbons (Fsp3) is 0.750. The van der Waals surface area contributed by atoms with E-state index in [1.54, 1.807) is 0 Å². The van der Waals surface area contributed by atoms with E-state index in [4.69, 9.17) is 5.11 Å². The van der Waals surface area contributed by atoms with Crippen molar-refractivity contribution in [2.45, 2.75) is 45.4 Å². The first-order valence-corrected chi connectivity index (χ1v) is 5.46. The summed E-state index contributed by atoms with van der Waals surface area (Å²) in [6.45, 7) is 5.59. The molecule has 0 radical (unpaired) electrons. The lowest BCUT2D eigenvalue weighted by Gasteiger charge is -2.39. The highest BCUT2D eigenvalue weighted by Gasteiger charge is 2.39. The summed E-state index contributed by atoms with van der Waals surface area (Å²) in [5.41, 5.74) is -0.00810. The molecule has 1 fully saturated rings. The van der Waals surface area contributed by atoms with Crippen LogP contribution < -0.4 is 0 Å². The Kier molecular flexibility index (Phi) is 3.73. The first-order chi connectivity index (χ1) is 6.62. The average Bonchev–Trinajstić information content (AvgIpc) is 2.18. The lowest BCUT2D eigenvalue weighted by Crippen LogP contribution is -2.35. The highest BCUT2D eigenvalue weighted by Crippen LogP contribution is 2.45. The van der Waals surface area contributed by atoms with E-state index in [1.165, 1.54) is 19.3 Å². The van der Waals surface area contributed by atoms with Crippen molar-refractivity contribution in [3.63, 3.8) is 0 Å². The predicted molar refractivity (Wildman–Crippen MR) is 57.1 cm³/mol. The Bertz CT molecular complexity index is 214. The van der Waals surface area contributed by atoms with E-state index < -0.39 is 5.97 Å². The fourth-order valence-corrected chi connectivity index (χ4v) is 2.62. The van der Waals surface area contributed by atoms with E-state index in [0.717, 1.165) is 19.3 Å². The Morgan fingerprint density at radius 2 is 2.07 bits per heavy atom. The lowest BCUT2D eigenvalue weighted by molar-refractivity contribution is -0.146. The van der Waals surface area contributed by atoms with Crippen molar-refractivity contribution in [2.75, 3.05) is 0 Å². The minimum Gasteiger partial charge on any atom is -0.481 e. The van der Waals surface area contributed by atoms with Crippen LogP contribution in [-0.4, -0.2) is 11.1 Å². The van der Waals surface area contributed by atoms with Gasteiger partial charge in [0.1, 0.15) is 0 Å². The molecule has 1 aliphatic carbocycles. The van der Waals surface area contributed by atoms with Gasteiger partial charge >= 0.3 is 5.97 Å². The zero-order chi connectivity index (χ0) is 10.6. The van der Waals surface area contributed by atoms with Crippen molar-refractivity contribution in [3.8, 4) is 0 Å². The summed E-state index contributed by atoms with van der Waals surface area (Å²) in [7, 11) is 0. The number of hydrogen-bond donors (Lipinski definition) is 1. The SMILES string of the molecule is C=CCC1(C(C)C(=O)O)CCCCC1. The summed E-state index contributed by atoms with van der Waals surface area (Å²) in [5.74, 6) is -0.894. The van der Waals surface area contributed by atoms with Crippen molar-refractivity contribution in [1.82, 2.24) is 0 Å². The van der Waals surface area contributed by atoms with Gasteiger partial charge < -0.3 is 5.11 Å². The predicted octanol–water partition coefficient (Wildman–Crippen LogP) is 3.23. The molecular formula is C12H20O2. The fourth-order valence-electron chi connectivity index (χ4n) is 2.62. The van der Waals surface area contributed by atoms with Crippen LogP contribution in [0.15, 0.2) is 12.7 Å². The quantitative estimate of drug-likeness (QED) is 0.701. The zero-order valence-corrected chi connectivity index (χ0v) is 8.96. The number of carbonyl (C=O) groups is 1. The van der Waals surface area contributed by atoms with Crippen LogP contribution in [-0.2, 0) is 4.79 Å². The van der Waals surface area contributed by atoms with E-state index in [1.807, 2.05) is 13.0 Å². The Labute approximate surface area is 86.0 Å². The van der Waals surface area contributed by atoms with Crippen molar-refractivity contribution < 1.29 is 9.90 Å². The molecule has 0 aliphatic heterocycles. The van der Waals surface area contributed by atoms with Gasteiger partial charge in [-0.25, -0.2) is 0 Å². The molecule has 0 aromatic heterocycles. The summed E-state index contributed by atoms with van der Waals surface area (Å²) in [6.07, 6.45) is 8.42. The van der Waals surface area contributed by atoms with E-state index >= 15 is 0 Å². The lowest BCUT2D eigenvalue weighted by atomic mass is 9.64. The third kappa shape index (κ3) is 2.17. The summed E-state index contributed by atoms with van der Waals surface area (Å²) < 4.78 is 0. The molecule has 0 heterocycles. The molecule has 0 aromatic carbocycles. The maximum absolute atomic E-state index is 11.0. The van der Waals surface area contributed by atoms with Gasteiger partial charge in [-0.05, 0) is 24.7 Å². The number of carboxylic acid groups (broad SMARTS) is 1. The Hall–Kier alpha value is -0.790. The van der Waals surface area contributed by atoms with Gasteiger partial charge in [0.2, 0.25) is 0 Å². The van der Waals surface area contributed by atoms with Crippen LogP contribution in [0.5, 0.6) is 0 Å². The van der Waals surface area contributed by atoms with Gasteiger partial charge in [-0.3, -0.25) is 4.79 Å². The molecule has 1 rings (SSSR count). The Balaban J connectivity index is 2.78.